The minimum atomic E-state index is -0.702. The molecule has 2 amide bonds. The number of fused-ring (bicyclic) bond motifs is 1. The predicted octanol–water partition coefficient (Wildman–Crippen LogP) is 2.74. The van der Waals surface area contributed by atoms with E-state index in [4.69, 9.17) is 0 Å². The Morgan fingerprint density at radius 2 is 2.10 bits per heavy atom. The van der Waals surface area contributed by atoms with Crippen LogP contribution in [0.3, 0.4) is 0 Å². The number of H-pyrrole nitrogens is 1. The zero-order chi connectivity index (χ0) is 21.5. The molecule has 2 N–H and O–H groups in total. The molecule has 0 radical (unpaired) electrons. The van der Waals surface area contributed by atoms with Gasteiger partial charge in [0.15, 0.2) is 5.65 Å². The molecule has 0 aromatic carbocycles. The number of carbonyl (C=O) groups excluding carboxylic acids is 2. The number of hydrogen-bond acceptors (Lipinski definition) is 5. The van der Waals surface area contributed by atoms with Gasteiger partial charge >= 0.3 is 0 Å². The Bertz CT molecular complexity index is 1010. The van der Waals surface area contributed by atoms with Gasteiger partial charge in [0, 0.05) is 25.2 Å². The van der Waals surface area contributed by atoms with Crippen LogP contribution in [0.4, 0.5) is 0 Å². The van der Waals surface area contributed by atoms with E-state index < -0.39 is 11.5 Å². The molecular weight excluding hydrogens is 380 g/mol. The molecule has 3 heterocycles. The van der Waals surface area contributed by atoms with Crippen molar-refractivity contribution in [3.8, 4) is 6.07 Å². The topological polar surface area (TPSA) is 115 Å². The summed E-state index contributed by atoms with van der Waals surface area (Å²) in [6, 6.07) is 1.57. The minimum Gasteiger partial charge on any atom is -0.344 e. The number of aromatic amines is 1. The molecule has 30 heavy (non-hydrogen) atoms. The van der Waals surface area contributed by atoms with Crippen molar-refractivity contribution < 1.29 is 9.59 Å². The van der Waals surface area contributed by atoms with Crippen LogP contribution in [0, 0.1) is 22.7 Å². The molecule has 2 fully saturated rings. The normalized spacial score (nSPS) is 20.6. The van der Waals surface area contributed by atoms with Crippen molar-refractivity contribution in [2.45, 2.75) is 58.4 Å². The lowest BCUT2D eigenvalue weighted by molar-refractivity contribution is -0.137. The molecule has 0 bridgehead atoms. The molecule has 0 spiro atoms. The molecular formula is C22H28N6O2. The van der Waals surface area contributed by atoms with Gasteiger partial charge in [-0.15, -0.1) is 0 Å². The van der Waals surface area contributed by atoms with E-state index >= 15 is 0 Å². The quantitative estimate of drug-likeness (QED) is 0.807. The van der Waals surface area contributed by atoms with Crippen LogP contribution in [0.2, 0.25) is 0 Å². The fraction of sp³-hybridized carbons (Fsp3) is 0.591. The molecule has 1 saturated carbocycles. The maximum absolute atomic E-state index is 13.3. The van der Waals surface area contributed by atoms with Crippen molar-refractivity contribution in [3.63, 3.8) is 0 Å². The standard InChI is InChI=1S/C22H28N6O2/c1-22(2,3)18(21(30)28-8-4-5-13(9-23)12-28)27-20(29)15-10-24-19-17(15)26-16(11-25-19)14-6-7-14/h10-11,13-14,18H,4-8,12H2,1-3H3,(H,24,25)(H,27,29). The highest BCUT2D eigenvalue weighted by atomic mass is 16.2. The average molecular weight is 409 g/mol. The third-order valence-corrected chi connectivity index (χ3v) is 5.94. The largest absolute Gasteiger partial charge is 0.344 e. The van der Waals surface area contributed by atoms with E-state index in [2.05, 4.69) is 26.3 Å². The Kier molecular flexibility index (Phi) is 5.22. The monoisotopic (exact) mass is 408 g/mol. The van der Waals surface area contributed by atoms with Gasteiger partial charge in [-0.05, 0) is 31.1 Å². The second-order valence-corrected chi connectivity index (χ2v) is 9.49. The van der Waals surface area contributed by atoms with Crippen molar-refractivity contribution in [2.75, 3.05) is 13.1 Å². The van der Waals surface area contributed by atoms with Gasteiger partial charge in [-0.3, -0.25) is 9.59 Å². The second kappa shape index (κ2) is 7.71. The van der Waals surface area contributed by atoms with Gasteiger partial charge in [0.1, 0.15) is 11.6 Å². The number of nitrogens with one attached hydrogen (secondary N) is 2. The van der Waals surface area contributed by atoms with E-state index in [0.717, 1.165) is 31.4 Å². The van der Waals surface area contributed by atoms with E-state index in [-0.39, 0.29) is 17.7 Å². The van der Waals surface area contributed by atoms with Crippen molar-refractivity contribution in [3.05, 3.63) is 23.7 Å². The second-order valence-electron chi connectivity index (χ2n) is 9.49. The summed E-state index contributed by atoms with van der Waals surface area (Å²) >= 11 is 0. The van der Waals surface area contributed by atoms with Crippen LogP contribution < -0.4 is 5.32 Å². The van der Waals surface area contributed by atoms with Gasteiger partial charge < -0.3 is 15.2 Å². The maximum Gasteiger partial charge on any atom is 0.255 e. The van der Waals surface area contributed by atoms with Gasteiger partial charge in [-0.25, -0.2) is 9.97 Å². The first-order valence-corrected chi connectivity index (χ1v) is 10.6. The van der Waals surface area contributed by atoms with Crippen LogP contribution in [0.1, 0.15) is 68.4 Å². The molecule has 2 aromatic heterocycles. The molecule has 8 heteroatoms. The first-order chi connectivity index (χ1) is 14.3. The van der Waals surface area contributed by atoms with E-state index in [1.165, 1.54) is 0 Å². The molecule has 8 nitrogen and oxygen atoms in total. The molecule has 2 atom stereocenters. The minimum absolute atomic E-state index is 0.139. The first-order valence-electron chi connectivity index (χ1n) is 10.6. The lowest BCUT2D eigenvalue weighted by Crippen LogP contribution is -2.56. The van der Waals surface area contributed by atoms with Crippen LogP contribution in [0.15, 0.2) is 12.4 Å². The summed E-state index contributed by atoms with van der Waals surface area (Å²) in [6.45, 7) is 6.83. The van der Waals surface area contributed by atoms with Crippen molar-refractivity contribution in [1.82, 2.24) is 25.2 Å². The molecule has 158 valence electrons. The van der Waals surface area contributed by atoms with Gasteiger partial charge in [-0.2, -0.15) is 5.26 Å². The molecule has 1 aliphatic carbocycles. The lowest BCUT2D eigenvalue weighted by Gasteiger charge is -2.37. The summed E-state index contributed by atoms with van der Waals surface area (Å²) in [4.78, 5) is 40.2. The molecule has 4 rings (SSSR count). The SMILES string of the molecule is CC(C)(C)C(NC(=O)c1c[nH]c2ncc(C3CC3)nc12)C(=O)N1CCCC(C#N)C1. The van der Waals surface area contributed by atoms with Gasteiger partial charge in [0.2, 0.25) is 5.91 Å². The van der Waals surface area contributed by atoms with Crippen LogP contribution in [-0.2, 0) is 4.79 Å². The van der Waals surface area contributed by atoms with Crippen LogP contribution >= 0.6 is 0 Å². The third kappa shape index (κ3) is 4.02. The van der Waals surface area contributed by atoms with E-state index in [9.17, 15) is 14.9 Å². The fourth-order valence-corrected chi connectivity index (χ4v) is 3.98. The molecule has 1 aliphatic heterocycles. The molecule has 2 aliphatic rings. The zero-order valence-corrected chi connectivity index (χ0v) is 17.7. The Balaban J connectivity index is 1.57. The highest BCUT2D eigenvalue weighted by Gasteiger charge is 2.38. The number of piperidine rings is 1. The number of nitriles is 1. The van der Waals surface area contributed by atoms with Crippen LogP contribution in [0.5, 0.6) is 0 Å². The molecule has 2 aromatic rings. The average Bonchev–Trinajstić information content (AvgIpc) is 3.49. The van der Waals surface area contributed by atoms with Crippen molar-refractivity contribution >= 4 is 23.0 Å². The summed E-state index contributed by atoms with van der Waals surface area (Å²) < 4.78 is 0. The highest BCUT2D eigenvalue weighted by Crippen LogP contribution is 2.39. The smallest absolute Gasteiger partial charge is 0.255 e. The summed E-state index contributed by atoms with van der Waals surface area (Å²) in [5, 5.41) is 12.2. The number of amides is 2. The summed E-state index contributed by atoms with van der Waals surface area (Å²) in [6.07, 6.45) is 7.19. The van der Waals surface area contributed by atoms with Crippen molar-refractivity contribution in [1.29, 1.82) is 5.26 Å². The van der Waals surface area contributed by atoms with Gasteiger partial charge in [0.25, 0.3) is 5.91 Å². The van der Waals surface area contributed by atoms with Crippen molar-refractivity contribution in [2.24, 2.45) is 11.3 Å². The number of carbonyl (C=O) groups is 2. The summed E-state index contributed by atoms with van der Waals surface area (Å²) in [5.74, 6) is -0.196. The highest BCUT2D eigenvalue weighted by molar-refractivity contribution is 6.06. The Morgan fingerprint density at radius 3 is 2.77 bits per heavy atom. The van der Waals surface area contributed by atoms with Gasteiger partial charge in [-0.1, -0.05) is 20.8 Å². The number of hydrogen-bond donors (Lipinski definition) is 2. The number of nitrogens with zero attached hydrogens (tertiary/aromatic N) is 4. The number of rotatable bonds is 4. The Morgan fingerprint density at radius 1 is 1.33 bits per heavy atom. The number of likely N-dealkylation sites (tertiary alicyclic amines) is 1. The molecule has 2 unspecified atom stereocenters. The Labute approximate surface area is 176 Å². The fourth-order valence-electron chi connectivity index (χ4n) is 3.98. The van der Waals surface area contributed by atoms with Gasteiger partial charge in [0.05, 0.1) is 29.4 Å². The molecule has 1 saturated heterocycles. The maximum atomic E-state index is 13.3. The number of aromatic nitrogens is 3. The Hall–Kier alpha value is -2.95. The summed E-state index contributed by atoms with van der Waals surface area (Å²) in [7, 11) is 0. The zero-order valence-electron chi connectivity index (χ0n) is 17.7. The predicted molar refractivity (Wildman–Crippen MR) is 111 cm³/mol. The first kappa shape index (κ1) is 20.3. The van der Waals surface area contributed by atoms with E-state index in [0.29, 0.717) is 35.7 Å². The third-order valence-electron chi connectivity index (χ3n) is 5.94. The van der Waals surface area contributed by atoms with E-state index in [1.807, 2.05) is 20.8 Å². The van der Waals surface area contributed by atoms with Crippen LogP contribution in [0.25, 0.3) is 11.2 Å². The summed E-state index contributed by atoms with van der Waals surface area (Å²) in [5.41, 5.74) is 1.94. The lowest BCUT2D eigenvalue weighted by atomic mass is 9.85. The van der Waals surface area contributed by atoms with Crippen LogP contribution in [-0.4, -0.2) is 50.8 Å². The van der Waals surface area contributed by atoms with E-state index in [1.54, 1.807) is 17.3 Å².